The van der Waals surface area contributed by atoms with Gasteiger partial charge < -0.3 is 19.3 Å². The van der Waals surface area contributed by atoms with Gasteiger partial charge in [-0.05, 0) is 18.6 Å². The molecule has 2 fully saturated rings. The second kappa shape index (κ2) is 7.10. The Hall–Kier alpha value is -1.92. The molecule has 2 aliphatic rings. The molecule has 0 N–H and O–H groups in total. The fraction of sp³-hybridized carbons (Fsp3) is 0.529. The highest BCUT2D eigenvalue weighted by atomic mass is 16.5. The van der Waals surface area contributed by atoms with E-state index in [1.807, 2.05) is 35.2 Å². The second-order valence-electron chi connectivity index (χ2n) is 6.01. The molecule has 0 unspecified atom stereocenters. The third-order valence-corrected chi connectivity index (χ3v) is 4.49. The van der Waals surface area contributed by atoms with Crippen LogP contribution in [0.1, 0.15) is 6.42 Å². The number of hydrogen-bond donors (Lipinski definition) is 0. The monoisotopic (exact) mass is 318 g/mol. The minimum absolute atomic E-state index is 0.00668. The molecule has 0 aliphatic carbocycles. The minimum Gasteiger partial charge on any atom is -0.375 e. The van der Waals surface area contributed by atoms with Crippen LogP contribution in [0.5, 0.6) is 0 Å². The van der Waals surface area contributed by atoms with Gasteiger partial charge in [0.25, 0.3) is 5.91 Å². The van der Waals surface area contributed by atoms with E-state index in [1.165, 1.54) is 7.11 Å². The Balaban J connectivity index is 1.75. The summed E-state index contributed by atoms with van der Waals surface area (Å²) < 4.78 is 10.7. The number of hydrogen-bond acceptors (Lipinski definition) is 4. The summed E-state index contributed by atoms with van der Waals surface area (Å²) in [4.78, 5) is 28.0. The van der Waals surface area contributed by atoms with Gasteiger partial charge in [0.15, 0.2) is 0 Å². The zero-order chi connectivity index (χ0) is 16.2. The zero-order valence-corrected chi connectivity index (χ0v) is 13.3. The van der Waals surface area contributed by atoms with Crippen molar-refractivity contribution >= 4 is 17.5 Å². The van der Waals surface area contributed by atoms with Crippen molar-refractivity contribution < 1.29 is 19.1 Å². The average Bonchev–Trinajstić information content (AvgIpc) is 2.74. The molecule has 2 atom stereocenters. The third kappa shape index (κ3) is 3.54. The number of rotatable bonds is 3. The van der Waals surface area contributed by atoms with Gasteiger partial charge in [-0.3, -0.25) is 9.59 Å². The summed E-state index contributed by atoms with van der Waals surface area (Å²) >= 11 is 0. The van der Waals surface area contributed by atoms with Crippen LogP contribution in [0.25, 0.3) is 0 Å². The molecule has 6 nitrogen and oxygen atoms in total. The fourth-order valence-corrected chi connectivity index (χ4v) is 3.30. The van der Waals surface area contributed by atoms with Crippen molar-refractivity contribution in [1.82, 2.24) is 4.90 Å². The number of ether oxygens (including phenoxy) is 2. The number of anilines is 1. The van der Waals surface area contributed by atoms with E-state index >= 15 is 0 Å². The molecule has 2 amide bonds. The van der Waals surface area contributed by atoms with Crippen LogP contribution in [0.4, 0.5) is 5.69 Å². The number of piperidine rings is 1. The maximum absolute atomic E-state index is 12.4. The van der Waals surface area contributed by atoms with Gasteiger partial charge >= 0.3 is 0 Å². The van der Waals surface area contributed by atoms with Crippen LogP contribution in [-0.2, 0) is 19.1 Å². The quantitative estimate of drug-likeness (QED) is 0.831. The predicted molar refractivity (Wildman–Crippen MR) is 85.1 cm³/mol. The smallest absolute Gasteiger partial charge is 0.252 e. The van der Waals surface area contributed by atoms with Gasteiger partial charge in [-0.25, -0.2) is 0 Å². The molecule has 0 aromatic heterocycles. The summed E-state index contributed by atoms with van der Waals surface area (Å²) in [7, 11) is 1.52. The van der Waals surface area contributed by atoms with Gasteiger partial charge in [0.05, 0.1) is 6.10 Å². The van der Waals surface area contributed by atoms with Crippen LogP contribution < -0.4 is 4.90 Å². The Morgan fingerprint density at radius 1 is 1.30 bits per heavy atom. The molecule has 3 rings (SSSR count). The number of carbonyl (C=O) groups is 2. The molecular weight excluding hydrogens is 296 g/mol. The van der Waals surface area contributed by atoms with Gasteiger partial charge in [-0.1, -0.05) is 18.2 Å². The molecular formula is C17H22N2O4. The average molecular weight is 318 g/mol. The van der Waals surface area contributed by atoms with Crippen molar-refractivity contribution in [3.05, 3.63) is 30.3 Å². The van der Waals surface area contributed by atoms with E-state index in [9.17, 15) is 9.59 Å². The number of benzene rings is 1. The molecule has 6 heteroatoms. The van der Waals surface area contributed by atoms with Crippen molar-refractivity contribution in [3.63, 3.8) is 0 Å². The number of amides is 2. The summed E-state index contributed by atoms with van der Waals surface area (Å²) in [6, 6.07) is 9.61. The lowest BCUT2D eigenvalue weighted by Crippen LogP contribution is -2.50. The highest BCUT2D eigenvalue weighted by Crippen LogP contribution is 2.27. The molecule has 0 bridgehead atoms. The molecule has 0 radical (unpaired) electrons. The summed E-state index contributed by atoms with van der Waals surface area (Å²) in [5, 5.41) is 0. The molecule has 0 saturated carbocycles. The van der Waals surface area contributed by atoms with Crippen LogP contribution in [0.3, 0.4) is 0 Å². The van der Waals surface area contributed by atoms with E-state index in [1.54, 1.807) is 4.90 Å². The fourth-order valence-electron chi connectivity index (χ4n) is 3.30. The van der Waals surface area contributed by atoms with Crippen molar-refractivity contribution in [2.45, 2.75) is 12.5 Å². The van der Waals surface area contributed by atoms with Gasteiger partial charge in [0, 0.05) is 38.3 Å². The predicted octanol–water partition coefficient (Wildman–Crippen LogP) is 0.913. The van der Waals surface area contributed by atoms with Crippen LogP contribution in [0, 0.1) is 5.92 Å². The van der Waals surface area contributed by atoms with E-state index in [2.05, 4.69) is 0 Å². The van der Waals surface area contributed by atoms with Gasteiger partial charge in [-0.2, -0.15) is 0 Å². The summed E-state index contributed by atoms with van der Waals surface area (Å²) in [5.74, 6) is 0.0874. The molecule has 1 aromatic rings. The number of carbonyl (C=O) groups excluding carboxylic acids is 2. The van der Waals surface area contributed by atoms with Crippen LogP contribution in [0.2, 0.25) is 0 Å². The first-order valence-electron chi connectivity index (χ1n) is 7.92. The van der Waals surface area contributed by atoms with Gasteiger partial charge in [0.2, 0.25) is 5.91 Å². The first-order chi connectivity index (χ1) is 11.2. The first kappa shape index (κ1) is 16.0. The lowest BCUT2D eigenvalue weighted by atomic mass is 9.94. The minimum atomic E-state index is -0.0274. The van der Waals surface area contributed by atoms with Crippen molar-refractivity contribution in [2.24, 2.45) is 5.92 Å². The molecule has 1 aromatic carbocycles. The van der Waals surface area contributed by atoms with Crippen molar-refractivity contribution in [3.8, 4) is 0 Å². The first-order valence-corrected chi connectivity index (χ1v) is 7.92. The van der Waals surface area contributed by atoms with E-state index in [0.717, 1.165) is 12.1 Å². The second-order valence-corrected chi connectivity index (χ2v) is 6.01. The van der Waals surface area contributed by atoms with Crippen molar-refractivity contribution in [1.29, 1.82) is 0 Å². The Morgan fingerprint density at radius 2 is 2.09 bits per heavy atom. The number of fused-ring (bicyclic) bond motifs is 1. The summed E-state index contributed by atoms with van der Waals surface area (Å²) in [5.41, 5.74) is 0.877. The lowest BCUT2D eigenvalue weighted by molar-refractivity contribution is -0.140. The standard InChI is InChI=1S/C17H22N2O4/c1-22-11-16(20)18-8-7-15-13(9-18)10-19(17(21)12-23-15)14-5-3-2-4-6-14/h2-6,13,15H,7-12H2,1H3/t13-,15+/m1/s1. The van der Waals surface area contributed by atoms with Crippen LogP contribution in [-0.4, -0.2) is 62.8 Å². The SMILES string of the molecule is COCC(=O)N1CC[C@@H]2OCC(=O)N(c3ccccc3)C[C@H]2C1. The summed E-state index contributed by atoms with van der Waals surface area (Å²) in [6.45, 7) is 2.03. The Morgan fingerprint density at radius 3 is 2.83 bits per heavy atom. The maximum atomic E-state index is 12.4. The van der Waals surface area contributed by atoms with E-state index < -0.39 is 0 Å². The number of para-hydroxylation sites is 1. The molecule has 0 spiro atoms. The van der Waals surface area contributed by atoms with Gasteiger partial charge in [-0.15, -0.1) is 0 Å². The highest BCUT2D eigenvalue weighted by molar-refractivity contribution is 5.94. The number of nitrogens with zero attached hydrogens (tertiary/aromatic N) is 2. The largest absolute Gasteiger partial charge is 0.375 e. The molecule has 2 heterocycles. The van der Waals surface area contributed by atoms with E-state index in [-0.39, 0.29) is 37.0 Å². The lowest BCUT2D eigenvalue weighted by Gasteiger charge is -2.38. The highest BCUT2D eigenvalue weighted by Gasteiger charge is 2.37. The van der Waals surface area contributed by atoms with E-state index in [4.69, 9.17) is 9.47 Å². The number of methoxy groups -OCH3 is 1. The molecule has 2 aliphatic heterocycles. The maximum Gasteiger partial charge on any atom is 0.252 e. The topological polar surface area (TPSA) is 59.1 Å². The van der Waals surface area contributed by atoms with Gasteiger partial charge in [0.1, 0.15) is 13.2 Å². The molecule has 23 heavy (non-hydrogen) atoms. The molecule has 124 valence electrons. The Kier molecular flexibility index (Phi) is 4.93. The zero-order valence-electron chi connectivity index (χ0n) is 13.3. The van der Waals surface area contributed by atoms with Crippen molar-refractivity contribution in [2.75, 3.05) is 44.9 Å². The number of likely N-dealkylation sites (tertiary alicyclic amines) is 1. The normalized spacial score (nSPS) is 25.0. The van der Waals surface area contributed by atoms with Crippen LogP contribution >= 0.6 is 0 Å². The Labute approximate surface area is 136 Å². The Bertz CT molecular complexity index is 563. The summed E-state index contributed by atoms with van der Waals surface area (Å²) in [6.07, 6.45) is 0.787. The van der Waals surface area contributed by atoms with Crippen LogP contribution in [0.15, 0.2) is 30.3 Å². The molecule has 2 saturated heterocycles. The van der Waals surface area contributed by atoms with E-state index in [0.29, 0.717) is 19.6 Å². The third-order valence-electron chi connectivity index (χ3n) is 4.49.